The van der Waals surface area contributed by atoms with Crippen LogP contribution in [0.25, 0.3) is 0 Å². The molecule has 1 atom stereocenters. The summed E-state index contributed by atoms with van der Waals surface area (Å²) >= 11 is 0. The Kier molecular flexibility index (Phi) is 4.18. The van der Waals surface area contributed by atoms with Crippen molar-refractivity contribution < 1.29 is 9.53 Å². The van der Waals surface area contributed by atoms with Gasteiger partial charge in [-0.3, -0.25) is 9.69 Å². The van der Waals surface area contributed by atoms with Crippen LogP contribution >= 0.6 is 0 Å². The highest BCUT2D eigenvalue weighted by atomic mass is 16.5. The molecule has 1 aliphatic rings. The van der Waals surface area contributed by atoms with Gasteiger partial charge in [0, 0.05) is 13.1 Å². The number of hydrogen-bond donors (Lipinski definition) is 1. The van der Waals surface area contributed by atoms with Crippen LogP contribution in [0, 0.1) is 0 Å². The second-order valence-electron chi connectivity index (χ2n) is 3.36. The number of ether oxygens (including phenoxy) is 1. The number of carbonyl (C=O) groups excluding carboxylic acids is 1. The lowest BCUT2D eigenvalue weighted by Crippen LogP contribution is -2.52. The standard InChI is InChI=1S/C9H18N2O2/c1-3-4-10-9(12)8-7-13-6-5-11(8)2/h8H,3-7H2,1-2H3,(H,10,12). The number of rotatable bonds is 3. The van der Waals surface area contributed by atoms with Gasteiger partial charge in [0.15, 0.2) is 0 Å². The molecule has 0 aromatic heterocycles. The van der Waals surface area contributed by atoms with Gasteiger partial charge in [0.05, 0.1) is 13.2 Å². The smallest absolute Gasteiger partial charge is 0.239 e. The van der Waals surface area contributed by atoms with E-state index in [1.54, 1.807) is 0 Å². The monoisotopic (exact) mass is 186 g/mol. The summed E-state index contributed by atoms with van der Waals surface area (Å²) in [6.45, 7) is 4.88. The summed E-state index contributed by atoms with van der Waals surface area (Å²) in [5.41, 5.74) is 0. The van der Waals surface area contributed by atoms with E-state index in [9.17, 15) is 4.79 Å². The molecule has 0 saturated carbocycles. The van der Waals surface area contributed by atoms with Gasteiger partial charge in [-0.2, -0.15) is 0 Å². The Balaban J connectivity index is 2.35. The van der Waals surface area contributed by atoms with E-state index in [-0.39, 0.29) is 11.9 Å². The zero-order chi connectivity index (χ0) is 9.68. The van der Waals surface area contributed by atoms with Gasteiger partial charge in [-0.1, -0.05) is 6.92 Å². The zero-order valence-corrected chi connectivity index (χ0v) is 8.38. The number of nitrogens with zero attached hydrogens (tertiary/aromatic N) is 1. The predicted octanol–water partition coefficient (Wildman–Crippen LogP) is -0.157. The van der Waals surface area contributed by atoms with Gasteiger partial charge in [0.1, 0.15) is 6.04 Å². The van der Waals surface area contributed by atoms with Gasteiger partial charge in [-0.05, 0) is 13.5 Å². The molecule has 1 saturated heterocycles. The van der Waals surface area contributed by atoms with Crippen molar-refractivity contribution in [2.24, 2.45) is 0 Å². The Morgan fingerprint density at radius 2 is 2.46 bits per heavy atom. The average molecular weight is 186 g/mol. The molecule has 1 unspecified atom stereocenters. The van der Waals surface area contributed by atoms with Crippen molar-refractivity contribution in [3.8, 4) is 0 Å². The second-order valence-corrected chi connectivity index (χ2v) is 3.36. The number of morpholine rings is 1. The van der Waals surface area contributed by atoms with Crippen molar-refractivity contribution >= 4 is 5.91 Å². The quantitative estimate of drug-likeness (QED) is 0.666. The summed E-state index contributed by atoms with van der Waals surface area (Å²) in [6.07, 6.45) is 0.975. The van der Waals surface area contributed by atoms with E-state index in [1.807, 2.05) is 18.9 Å². The molecule has 1 heterocycles. The molecule has 4 heteroatoms. The molecule has 13 heavy (non-hydrogen) atoms. The van der Waals surface area contributed by atoms with Crippen LogP contribution < -0.4 is 5.32 Å². The third-order valence-corrected chi connectivity index (χ3v) is 2.25. The van der Waals surface area contributed by atoms with Crippen LogP contribution in [0.5, 0.6) is 0 Å². The molecule has 0 radical (unpaired) electrons. The van der Waals surface area contributed by atoms with Crippen molar-refractivity contribution in [1.29, 1.82) is 0 Å². The summed E-state index contributed by atoms with van der Waals surface area (Å²) < 4.78 is 5.25. The number of nitrogens with one attached hydrogen (secondary N) is 1. The van der Waals surface area contributed by atoms with E-state index < -0.39 is 0 Å². The van der Waals surface area contributed by atoms with E-state index in [4.69, 9.17) is 4.74 Å². The second kappa shape index (κ2) is 5.19. The van der Waals surface area contributed by atoms with E-state index in [1.165, 1.54) is 0 Å². The van der Waals surface area contributed by atoms with Crippen LogP contribution in [0.3, 0.4) is 0 Å². The Bertz CT molecular complexity index is 173. The first kappa shape index (κ1) is 10.5. The van der Waals surface area contributed by atoms with Crippen LogP contribution in [-0.2, 0) is 9.53 Å². The number of carbonyl (C=O) groups is 1. The zero-order valence-electron chi connectivity index (χ0n) is 8.38. The molecule has 1 aliphatic heterocycles. The predicted molar refractivity (Wildman–Crippen MR) is 50.5 cm³/mol. The lowest BCUT2D eigenvalue weighted by molar-refractivity contribution is -0.131. The third-order valence-electron chi connectivity index (χ3n) is 2.25. The van der Waals surface area contributed by atoms with Crippen LogP contribution in [0.2, 0.25) is 0 Å². The van der Waals surface area contributed by atoms with Crippen LogP contribution in [0.15, 0.2) is 0 Å². The first-order valence-corrected chi connectivity index (χ1v) is 4.81. The van der Waals surface area contributed by atoms with E-state index >= 15 is 0 Å². The van der Waals surface area contributed by atoms with E-state index in [0.29, 0.717) is 6.61 Å². The fourth-order valence-electron chi connectivity index (χ4n) is 1.33. The van der Waals surface area contributed by atoms with Crippen LogP contribution in [0.4, 0.5) is 0 Å². The van der Waals surface area contributed by atoms with Gasteiger partial charge < -0.3 is 10.1 Å². The van der Waals surface area contributed by atoms with Gasteiger partial charge in [-0.25, -0.2) is 0 Å². The highest BCUT2D eigenvalue weighted by Crippen LogP contribution is 2.03. The van der Waals surface area contributed by atoms with Gasteiger partial charge >= 0.3 is 0 Å². The van der Waals surface area contributed by atoms with Crippen LogP contribution in [0.1, 0.15) is 13.3 Å². The lowest BCUT2D eigenvalue weighted by atomic mass is 10.2. The van der Waals surface area contributed by atoms with E-state index in [0.717, 1.165) is 26.1 Å². The largest absolute Gasteiger partial charge is 0.378 e. The van der Waals surface area contributed by atoms with Gasteiger partial charge in [0.25, 0.3) is 0 Å². The molecule has 0 aromatic carbocycles. The highest BCUT2D eigenvalue weighted by Gasteiger charge is 2.25. The topological polar surface area (TPSA) is 41.6 Å². The van der Waals surface area contributed by atoms with Crippen molar-refractivity contribution in [3.05, 3.63) is 0 Å². The SMILES string of the molecule is CCCNC(=O)C1COCCN1C. The minimum Gasteiger partial charge on any atom is -0.378 e. The summed E-state index contributed by atoms with van der Waals surface area (Å²) in [6, 6.07) is -0.0969. The maximum absolute atomic E-state index is 11.5. The number of likely N-dealkylation sites (N-methyl/N-ethyl adjacent to an activating group) is 1. The number of hydrogen-bond acceptors (Lipinski definition) is 3. The third kappa shape index (κ3) is 2.97. The molecule has 1 rings (SSSR count). The molecule has 0 aliphatic carbocycles. The summed E-state index contributed by atoms with van der Waals surface area (Å²) in [5.74, 6) is 0.0871. The molecule has 76 valence electrons. The minimum atomic E-state index is -0.0969. The fraction of sp³-hybridized carbons (Fsp3) is 0.889. The average Bonchev–Trinajstić information content (AvgIpc) is 2.15. The molecule has 1 N–H and O–H groups in total. The maximum atomic E-state index is 11.5. The van der Waals surface area contributed by atoms with Gasteiger partial charge in [-0.15, -0.1) is 0 Å². The van der Waals surface area contributed by atoms with Crippen LogP contribution in [-0.4, -0.2) is 50.2 Å². The molecule has 4 nitrogen and oxygen atoms in total. The molecular formula is C9H18N2O2. The van der Waals surface area contributed by atoms with E-state index in [2.05, 4.69) is 5.32 Å². The Morgan fingerprint density at radius 3 is 3.08 bits per heavy atom. The molecule has 0 spiro atoms. The first-order valence-electron chi connectivity index (χ1n) is 4.81. The molecule has 1 amide bonds. The van der Waals surface area contributed by atoms with Gasteiger partial charge in [0.2, 0.25) is 5.91 Å². The first-order chi connectivity index (χ1) is 6.25. The minimum absolute atomic E-state index is 0.0871. The van der Waals surface area contributed by atoms with Crippen molar-refractivity contribution in [3.63, 3.8) is 0 Å². The summed E-state index contributed by atoms with van der Waals surface area (Å²) in [4.78, 5) is 13.6. The fourth-order valence-corrected chi connectivity index (χ4v) is 1.33. The molecular weight excluding hydrogens is 168 g/mol. The maximum Gasteiger partial charge on any atom is 0.239 e. The number of amides is 1. The molecule has 1 fully saturated rings. The Labute approximate surface area is 79.2 Å². The Morgan fingerprint density at radius 1 is 1.69 bits per heavy atom. The highest BCUT2D eigenvalue weighted by molar-refractivity contribution is 5.81. The summed E-state index contributed by atoms with van der Waals surface area (Å²) in [7, 11) is 1.96. The molecule has 0 aromatic rings. The lowest BCUT2D eigenvalue weighted by Gasteiger charge is -2.31. The van der Waals surface area contributed by atoms with Crippen molar-refractivity contribution in [1.82, 2.24) is 10.2 Å². The normalized spacial score (nSPS) is 24.3. The van der Waals surface area contributed by atoms with Crippen molar-refractivity contribution in [2.45, 2.75) is 19.4 Å². The summed E-state index contributed by atoms with van der Waals surface area (Å²) in [5, 5.41) is 2.87. The molecule has 0 bridgehead atoms. The Hall–Kier alpha value is -0.610. The van der Waals surface area contributed by atoms with Crippen molar-refractivity contribution in [2.75, 3.05) is 33.4 Å².